The normalized spacial score (nSPS) is 13.2. The third-order valence-electron chi connectivity index (χ3n) is 6.30. The molecule has 0 spiro atoms. The first kappa shape index (κ1) is 22.2. The van der Waals surface area contributed by atoms with E-state index in [-0.39, 0.29) is 0 Å². The van der Waals surface area contributed by atoms with Gasteiger partial charge in [-0.3, -0.25) is 4.98 Å². The second-order valence-electron chi connectivity index (χ2n) is 8.24. The number of rotatable bonds is 8. The smallest absolute Gasteiger partial charge is 0.141 e. The molecule has 2 atom stereocenters. The zero-order valence-electron chi connectivity index (χ0n) is 19.3. The summed E-state index contributed by atoms with van der Waals surface area (Å²) in [6.45, 7) is 8.89. The van der Waals surface area contributed by atoms with Crippen LogP contribution in [0.5, 0.6) is 5.75 Å². The quantitative estimate of drug-likeness (QED) is 0.303. The Morgan fingerprint density at radius 1 is 1.00 bits per heavy atom. The fraction of sp³-hybridized carbons (Fsp3) is 0.346. The number of thiazole rings is 1. The number of ether oxygens (including phenoxy) is 1. The van der Waals surface area contributed by atoms with Crippen LogP contribution in [0.15, 0.2) is 48.4 Å². The van der Waals surface area contributed by atoms with Crippen molar-refractivity contribution in [1.29, 1.82) is 0 Å². The Balaban J connectivity index is 1.84. The Bertz CT molecular complexity index is 1210. The summed E-state index contributed by atoms with van der Waals surface area (Å²) in [7, 11) is 1.72. The van der Waals surface area contributed by atoms with E-state index < -0.39 is 0 Å². The number of nitrogens with zero attached hydrogens (tertiary/aromatic N) is 3. The van der Waals surface area contributed by atoms with E-state index in [4.69, 9.17) is 4.74 Å². The molecule has 2 aromatic heterocycles. The van der Waals surface area contributed by atoms with E-state index in [0.29, 0.717) is 11.8 Å². The minimum atomic E-state index is 0.382. The molecule has 0 aliphatic heterocycles. The Labute approximate surface area is 193 Å². The molecule has 0 saturated heterocycles. The average Bonchev–Trinajstić information content (AvgIpc) is 3.37. The Hall–Kier alpha value is -2.99. The van der Waals surface area contributed by atoms with Crippen LogP contribution in [0, 0.1) is 0 Å². The third kappa shape index (κ3) is 4.32. The van der Waals surface area contributed by atoms with Crippen molar-refractivity contribution in [2.24, 2.45) is 0 Å². The summed E-state index contributed by atoms with van der Waals surface area (Å²) in [5.41, 5.74) is 7.43. The molecule has 0 amide bonds. The molecule has 0 radical (unpaired) electrons. The van der Waals surface area contributed by atoms with Crippen LogP contribution in [-0.4, -0.2) is 22.1 Å². The third-order valence-corrected chi connectivity index (χ3v) is 7.12. The van der Waals surface area contributed by atoms with Crippen molar-refractivity contribution < 1.29 is 4.74 Å². The van der Waals surface area contributed by atoms with Crippen molar-refractivity contribution in [1.82, 2.24) is 15.0 Å². The van der Waals surface area contributed by atoms with E-state index in [2.05, 4.69) is 72.2 Å². The van der Waals surface area contributed by atoms with Crippen LogP contribution in [0.4, 0.5) is 11.5 Å². The lowest BCUT2D eigenvalue weighted by Crippen LogP contribution is -2.03. The minimum Gasteiger partial charge on any atom is -0.496 e. The molecule has 0 aliphatic carbocycles. The monoisotopic (exact) mass is 446 g/mol. The van der Waals surface area contributed by atoms with Gasteiger partial charge in [0, 0.05) is 23.3 Å². The zero-order chi connectivity index (χ0) is 22.7. The van der Waals surface area contributed by atoms with Gasteiger partial charge in [-0.15, -0.1) is 11.3 Å². The summed E-state index contributed by atoms with van der Waals surface area (Å²) in [4.78, 5) is 14.5. The zero-order valence-corrected chi connectivity index (χ0v) is 20.2. The van der Waals surface area contributed by atoms with Gasteiger partial charge in [-0.25, -0.2) is 9.97 Å². The molecule has 2 unspecified atom stereocenters. The van der Waals surface area contributed by atoms with Crippen LogP contribution in [0.2, 0.25) is 0 Å². The van der Waals surface area contributed by atoms with Crippen molar-refractivity contribution >= 4 is 33.7 Å². The predicted octanol–water partition coefficient (Wildman–Crippen LogP) is 7.53. The van der Waals surface area contributed by atoms with Crippen LogP contribution in [0.25, 0.3) is 21.3 Å². The molecule has 32 heavy (non-hydrogen) atoms. The molecule has 0 aliphatic rings. The van der Waals surface area contributed by atoms with Gasteiger partial charge < -0.3 is 10.1 Å². The molecule has 0 saturated carbocycles. The second-order valence-corrected chi connectivity index (χ2v) is 9.13. The van der Waals surface area contributed by atoms with Gasteiger partial charge in [0.15, 0.2) is 0 Å². The molecule has 0 bridgehead atoms. The first-order valence-electron chi connectivity index (χ1n) is 11.2. The van der Waals surface area contributed by atoms with Crippen LogP contribution in [-0.2, 0) is 0 Å². The summed E-state index contributed by atoms with van der Waals surface area (Å²) in [6, 6.07) is 10.8. The van der Waals surface area contributed by atoms with Gasteiger partial charge in [-0.05, 0) is 53.5 Å². The summed E-state index contributed by atoms with van der Waals surface area (Å²) >= 11 is 1.65. The van der Waals surface area contributed by atoms with Gasteiger partial charge >= 0.3 is 0 Å². The highest BCUT2D eigenvalue weighted by molar-refractivity contribution is 7.13. The van der Waals surface area contributed by atoms with E-state index in [1.54, 1.807) is 24.8 Å². The summed E-state index contributed by atoms with van der Waals surface area (Å²) in [5, 5.41) is 4.65. The second kappa shape index (κ2) is 9.65. The number of methoxy groups -OCH3 is 1. The molecule has 1 N–H and O–H groups in total. The first-order valence-corrected chi connectivity index (χ1v) is 12.1. The first-order chi connectivity index (χ1) is 15.5. The highest BCUT2D eigenvalue weighted by Crippen LogP contribution is 2.38. The van der Waals surface area contributed by atoms with Gasteiger partial charge in [0.1, 0.15) is 17.9 Å². The van der Waals surface area contributed by atoms with Crippen molar-refractivity contribution in [3.8, 4) is 16.2 Å². The summed E-state index contributed by atoms with van der Waals surface area (Å²) < 4.78 is 5.67. The molecule has 4 aromatic rings. The Morgan fingerprint density at radius 3 is 2.47 bits per heavy atom. The number of hydrogen-bond donors (Lipinski definition) is 1. The molecule has 166 valence electrons. The number of benzene rings is 2. The Morgan fingerprint density at radius 2 is 1.78 bits per heavy atom. The SMILES string of the molecule is CCC(C)c1ccc(-c2cncs2)cc1Nc1ncnc2cc(OC)c(C(C)CC)cc12. The molecule has 2 heterocycles. The lowest BCUT2D eigenvalue weighted by Gasteiger charge is -2.19. The molecule has 5 nitrogen and oxygen atoms in total. The van der Waals surface area contributed by atoms with Gasteiger partial charge in [0.25, 0.3) is 0 Å². The molecule has 2 aromatic carbocycles. The lowest BCUT2D eigenvalue weighted by molar-refractivity contribution is 0.406. The van der Waals surface area contributed by atoms with Crippen LogP contribution in [0.3, 0.4) is 0 Å². The number of nitrogens with one attached hydrogen (secondary N) is 1. The van der Waals surface area contributed by atoms with Crippen LogP contribution in [0.1, 0.15) is 63.5 Å². The maximum atomic E-state index is 5.67. The standard InChI is InChI=1S/C26H30N4OS/c1-6-16(3)19-9-8-18(25-13-27-15-32-25)10-23(19)30-26-21-11-20(17(4)7-2)24(31-5)12-22(21)28-14-29-26/h8-17H,6-7H2,1-5H3,(H,28,29,30). The molecular formula is C26H30N4OS. The fourth-order valence-corrected chi connectivity index (χ4v) is 4.56. The molecule has 6 heteroatoms. The predicted molar refractivity (Wildman–Crippen MR) is 134 cm³/mol. The number of fused-ring (bicyclic) bond motifs is 1. The van der Waals surface area contributed by atoms with Crippen LogP contribution >= 0.6 is 11.3 Å². The van der Waals surface area contributed by atoms with E-state index >= 15 is 0 Å². The van der Waals surface area contributed by atoms with Crippen molar-refractivity contribution in [3.05, 3.63) is 59.5 Å². The number of hydrogen-bond acceptors (Lipinski definition) is 6. The van der Waals surface area contributed by atoms with E-state index in [9.17, 15) is 0 Å². The van der Waals surface area contributed by atoms with Gasteiger partial charge in [0.05, 0.1) is 23.0 Å². The highest BCUT2D eigenvalue weighted by Gasteiger charge is 2.17. The Kier molecular flexibility index (Phi) is 6.70. The molecule has 0 fully saturated rings. The maximum absolute atomic E-state index is 5.67. The molecular weight excluding hydrogens is 416 g/mol. The largest absolute Gasteiger partial charge is 0.496 e. The minimum absolute atomic E-state index is 0.382. The molecule has 4 rings (SSSR count). The highest BCUT2D eigenvalue weighted by atomic mass is 32.1. The van der Waals surface area contributed by atoms with Crippen molar-refractivity contribution in [2.75, 3.05) is 12.4 Å². The summed E-state index contributed by atoms with van der Waals surface area (Å²) in [6.07, 6.45) is 5.63. The van der Waals surface area contributed by atoms with Gasteiger partial charge in [-0.1, -0.05) is 39.8 Å². The topological polar surface area (TPSA) is 59.9 Å². The van der Waals surface area contributed by atoms with Crippen molar-refractivity contribution in [3.63, 3.8) is 0 Å². The summed E-state index contributed by atoms with van der Waals surface area (Å²) in [5.74, 6) is 2.50. The van der Waals surface area contributed by atoms with E-state index in [1.165, 1.54) is 11.1 Å². The lowest BCUT2D eigenvalue weighted by atomic mass is 9.94. The van der Waals surface area contributed by atoms with Crippen molar-refractivity contribution in [2.45, 2.75) is 52.4 Å². The van der Waals surface area contributed by atoms with Gasteiger partial charge in [0.2, 0.25) is 0 Å². The van der Waals surface area contributed by atoms with E-state index in [1.807, 2.05) is 17.8 Å². The average molecular weight is 447 g/mol. The van der Waals surface area contributed by atoms with Gasteiger partial charge in [-0.2, -0.15) is 0 Å². The number of anilines is 2. The van der Waals surface area contributed by atoms with E-state index in [0.717, 1.165) is 51.4 Å². The maximum Gasteiger partial charge on any atom is 0.141 e. The van der Waals surface area contributed by atoms with Crippen LogP contribution < -0.4 is 10.1 Å². The number of aromatic nitrogens is 3. The fourth-order valence-electron chi connectivity index (χ4n) is 3.94.